The van der Waals surface area contributed by atoms with Crippen LogP contribution in [0.25, 0.3) is 0 Å². The molecule has 0 unspecified atom stereocenters. The zero-order valence-electron chi connectivity index (χ0n) is 11.2. The molecule has 2 rings (SSSR count). The van der Waals surface area contributed by atoms with E-state index in [1.54, 1.807) is 18.2 Å². The van der Waals surface area contributed by atoms with Crippen molar-refractivity contribution in [1.29, 1.82) is 0 Å². The fourth-order valence-electron chi connectivity index (χ4n) is 1.91. The summed E-state index contributed by atoms with van der Waals surface area (Å²) in [5.41, 5.74) is 8.36. The van der Waals surface area contributed by atoms with Crippen LogP contribution in [0.3, 0.4) is 0 Å². The third-order valence-corrected chi connectivity index (χ3v) is 4.16. The molecule has 0 amide bonds. The average Bonchev–Trinajstić information content (AvgIpc) is 2.44. The molecule has 3 N–H and O–H groups in total. The number of halogens is 1. The van der Waals surface area contributed by atoms with Crippen LogP contribution in [0.1, 0.15) is 16.7 Å². The molecule has 0 aliphatic carbocycles. The van der Waals surface area contributed by atoms with E-state index in [1.165, 1.54) is 0 Å². The standard InChI is InChI=1S/C15H15BrN2O2/c1-9-7-11(8-10(2)14(9)16)20-13-6-4-3-5-12(13)15(17)18-19/h3-8,19H,1-2H3,(H2,17,18). The van der Waals surface area contributed by atoms with E-state index in [0.717, 1.165) is 15.6 Å². The molecule has 0 radical (unpaired) electrons. The Labute approximate surface area is 126 Å². The number of hydrogen-bond acceptors (Lipinski definition) is 3. The second-order valence-electron chi connectivity index (χ2n) is 4.45. The van der Waals surface area contributed by atoms with Gasteiger partial charge in [-0.1, -0.05) is 33.2 Å². The van der Waals surface area contributed by atoms with Gasteiger partial charge in [0.25, 0.3) is 0 Å². The minimum Gasteiger partial charge on any atom is -0.457 e. The molecule has 4 nitrogen and oxygen atoms in total. The number of ether oxygens (including phenoxy) is 1. The molecule has 20 heavy (non-hydrogen) atoms. The van der Waals surface area contributed by atoms with E-state index in [4.69, 9.17) is 15.7 Å². The van der Waals surface area contributed by atoms with Crippen molar-refractivity contribution in [3.05, 3.63) is 57.6 Å². The molecular formula is C15H15BrN2O2. The predicted molar refractivity (Wildman–Crippen MR) is 82.6 cm³/mol. The van der Waals surface area contributed by atoms with E-state index in [9.17, 15) is 0 Å². The SMILES string of the molecule is Cc1cc(Oc2ccccc2/C(N)=N/O)cc(C)c1Br. The van der Waals surface area contributed by atoms with E-state index in [-0.39, 0.29) is 5.84 Å². The third kappa shape index (κ3) is 2.93. The molecule has 2 aromatic rings. The molecule has 0 fully saturated rings. The van der Waals surface area contributed by atoms with Crippen molar-refractivity contribution in [2.75, 3.05) is 0 Å². The summed E-state index contributed by atoms with van der Waals surface area (Å²) in [4.78, 5) is 0. The number of oxime groups is 1. The summed E-state index contributed by atoms with van der Waals surface area (Å²) in [7, 11) is 0. The van der Waals surface area contributed by atoms with Gasteiger partial charge in [-0.15, -0.1) is 0 Å². The number of nitrogens with zero attached hydrogens (tertiary/aromatic N) is 1. The van der Waals surface area contributed by atoms with Crippen molar-refractivity contribution in [2.24, 2.45) is 10.9 Å². The lowest BCUT2D eigenvalue weighted by Crippen LogP contribution is -2.14. The maximum atomic E-state index is 8.80. The summed E-state index contributed by atoms with van der Waals surface area (Å²) >= 11 is 3.52. The Hall–Kier alpha value is -2.01. The van der Waals surface area contributed by atoms with E-state index in [0.29, 0.717) is 17.1 Å². The number of aryl methyl sites for hydroxylation is 2. The fraction of sp³-hybridized carbons (Fsp3) is 0.133. The van der Waals surface area contributed by atoms with E-state index < -0.39 is 0 Å². The van der Waals surface area contributed by atoms with Crippen molar-refractivity contribution in [3.8, 4) is 11.5 Å². The van der Waals surface area contributed by atoms with Crippen LogP contribution in [0.5, 0.6) is 11.5 Å². The van der Waals surface area contributed by atoms with Gasteiger partial charge >= 0.3 is 0 Å². The molecule has 0 aromatic heterocycles. The number of nitrogens with two attached hydrogens (primary N) is 1. The summed E-state index contributed by atoms with van der Waals surface area (Å²) in [6, 6.07) is 11.0. The molecule has 0 atom stereocenters. The largest absolute Gasteiger partial charge is 0.457 e. The number of amidine groups is 1. The molecule has 0 bridgehead atoms. The average molecular weight is 335 g/mol. The van der Waals surface area contributed by atoms with Crippen molar-refractivity contribution in [1.82, 2.24) is 0 Å². The second-order valence-corrected chi connectivity index (χ2v) is 5.25. The maximum absolute atomic E-state index is 8.80. The molecule has 0 aliphatic heterocycles. The minimum absolute atomic E-state index is 0.0196. The van der Waals surface area contributed by atoms with Gasteiger partial charge in [0.15, 0.2) is 5.84 Å². The minimum atomic E-state index is 0.0196. The Morgan fingerprint density at radius 3 is 2.40 bits per heavy atom. The van der Waals surface area contributed by atoms with Gasteiger partial charge in [0.05, 0.1) is 5.56 Å². The van der Waals surface area contributed by atoms with Crippen molar-refractivity contribution in [2.45, 2.75) is 13.8 Å². The van der Waals surface area contributed by atoms with Gasteiger partial charge in [-0.05, 0) is 49.2 Å². The summed E-state index contributed by atoms with van der Waals surface area (Å²) < 4.78 is 6.92. The molecule has 0 saturated carbocycles. The number of para-hydroxylation sites is 1. The molecular weight excluding hydrogens is 320 g/mol. The van der Waals surface area contributed by atoms with Gasteiger partial charge < -0.3 is 15.7 Å². The van der Waals surface area contributed by atoms with Crippen molar-refractivity contribution < 1.29 is 9.94 Å². The smallest absolute Gasteiger partial charge is 0.173 e. The highest BCUT2D eigenvalue weighted by molar-refractivity contribution is 9.10. The van der Waals surface area contributed by atoms with Gasteiger partial charge in [0.1, 0.15) is 11.5 Å². The molecule has 104 valence electrons. The normalized spacial score (nSPS) is 11.4. The quantitative estimate of drug-likeness (QED) is 0.386. The van der Waals surface area contributed by atoms with Crippen molar-refractivity contribution >= 4 is 21.8 Å². The lowest BCUT2D eigenvalue weighted by atomic mass is 10.1. The summed E-state index contributed by atoms with van der Waals surface area (Å²) in [5, 5.41) is 11.8. The zero-order chi connectivity index (χ0) is 14.7. The van der Waals surface area contributed by atoms with E-state index in [2.05, 4.69) is 21.1 Å². The Morgan fingerprint density at radius 1 is 1.20 bits per heavy atom. The Bertz CT molecular complexity index is 646. The van der Waals surface area contributed by atoms with Crippen LogP contribution in [-0.2, 0) is 0 Å². The highest BCUT2D eigenvalue weighted by Crippen LogP contribution is 2.30. The number of hydrogen-bond donors (Lipinski definition) is 2. The Balaban J connectivity index is 2.41. The summed E-state index contributed by atoms with van der Waals surface area (Å²) in [6.45, 7) is 4.00. The predicted octanol–water partition coefficient (Wildman–Crippen LogP) is 3.95. The first kappa shape index (κ1) is 14.4. The van der Waals surface area contributed by atoms with Gasteiger partial charge in [-0.2, -0.15) is 0 Å². The maximum Gasteiger partial charge on any atom is 0.173 e. The zero-order valence-corrected chi connectivity index (χ0v) is 12.8. The monoisotopic (exact) mass is 334 g/mol. The first-order valence-corrected chi connectivity index (χ1v) is 6.83. The highest BCUT2D eigenvalue weighted by Gasteiger charge is 2.10. The molecule has 0 saturated heterocycles. The Kier molecular flexibility index (Phi) is 4.29. The summed E-state index contributed by atoms with van der Waals surface area (Å²) in [6.07, 6.45) is 0. The molecule has 0 heterocycles. The highest BCUT2D eigenvalue weighted by atomic mass is 79.9. The van der Waals surface area contributed by atoms with Crippen LogP contribution < -0.4 is 10.5 Å². The molecule has 0 aliphatic rings. The first-order chi connectivity index (χ1) is 9.52. The van der Waals surface area contributed by atoms with E-state index in [1.807, 2.05) is 32.0 Å². The van der Waals surface area contributed by atoms with E-state index >= 15 is 0 Å². The van der Waals surface area contributed by atoms with Gasteiger partial charge in [0, 0.05) is 4.47 Å². The number of rotatable bonds is 3. The third-order valence-electron chi connectivity index (χ3n) is 2.91. The van der Waals surface area contributed by atoms with Crippen LogP contribution >= 0.6 is 15.9 Å². The van der Waals surface area contributed by atoms with Gasteiger partial charge in [-0.25, -0.2) is 0 Å². The fourth-order valence-corrected chi connectivity index (χ4v) is 2.14. The number of benzene rings is 2. The van der Waals surface area contributed by atoms with Crippen LogP contribution in [0.15, 0.2) is 46.0 Å². The lowest BCUT2D eigenvalue weighted by molar-refractivity contribution is 0.318. The van der Waals surface area contributed by atoms with Crippen LogP contribution in [0, 0.1) is 13.8 Å². The lowest BCUT2D eigenvalue weighted by Gasteiger charge is -2.12. The van der Waals surface area contributed by atoms with Crippen LogP contribution in [0.2, 0.25) is 0 Å². The molecule has 2 aromatic carbocycles. The van der Waals surface area contributed by atoms with Gasteiger partial charge in [-0.3, -0.25) is 0 Å². The first-order valence-electron chi connectivity index (χ1n) is 6.04. The van der Waals surface area contributed by atoms with Crippen LogP contribution in [-0.4, -0.2) is 11.0 Å². The van der Waals surface area contributed by atoms with Gasteiger partial charge in [0.2, 0.25) is 0 Å². The topological polar surface area (TPSA) is 67.8 Å². The summed E-state index contributed by atoms with van der Waals surface area (Å²) in [5.74, 6) is 1.27. The molecule has 5 heteroatoms. The van der Waals surface area contributed by atoms with Crippen molar-refractivity contribution in [3.63, 3.8) is 0 Å². The molecule has 0 spiro atoms. The second kappa shape index (κ2) is 5.96. The Morgan fingerprint density at radius 2 is 1.80 bits per heavy atom. The van der Waals surface area contributed by atoms with Crippen LogP contribution in [0.4, 0.5) is 0 Å².